The number of hydrogen-bond acceptors (Lipinski definition) is 0. The van der Waals surface area contributed by atoms with Gasteiger partial charge in [-0.2, -0.15) is 20.8 Å². The van der Waals surface area contributed by atoms with E-state index in [4.69, 9.17) is 5.41 Å². The van der Waals surface area contributed by atoms with Gasteiger partial charge in [-0.25, -0.2) is 6.72 Å². The van der Waals surface area contributed by atoms with Crippen molar-refractivity contribution in [2.24, 2.45) is 0 Å². The van der Waals surface area contributed by atoms with Crippen LogP contribution in [-0.2, 0) is 0 Å². The van der Waals surface area contributed by atoms with Crippen molar-refractivity contribution < 1.29 is 31.1 Å². The van der Waals surface area contributed by atoms with Crippen molar-refractivity contribution in [1.82, 2.24) is 0 Å². The maximum atomic E-state index is 6.75. The van der Waals surface area contributed by atoms with E-state index in [0.717, 1.165) is 0 Å². The molecule has 0 spiro atoms. The second kappa shape index (κ2) is 15.9. The quantitative estimate of drug-likeness (QED) is 0.480. The summed E-state index contributed by atoms with van der Waals surface area (Å²) < 4.78 is 0. The molecule has 0 aliphatic rings. The Morgan fingerprint density at radius 1 is 1.14 bits per heavy atom. The summed E-state index contributed by atoms with van der Waals surface area (Å²) in [6, 6.07) is 0. The summed E-state index contributed by atoms with van der Waals surface area (Å²) >= 11 is 0. The molecule has 0 bridgehead atoms. The Labute approximate surface area is 69.8 Å². The van der Waals surface area contributed by atoms with Crippen molar-refractivity contribution in [2.75, 3.05) is 0 Å². The van der Waals surface area contributed by atoms with E-state index in [1.165, 1.54) is 5.92 Å². The summed E-state index contributed by atoms with van der Waals surface area (Å²) in [4.78, 5) is 0. The first kappa shape index (κ1) is 15.6. The van der Waals surface area contributed by atoms with Gasteiger partial charge in [-0.05, 0) is 0 Å². The van der Waals surface area contributed by atoms with Crippen LogP contribution >= 0.6 is 0 Å². The van der Waals surface area contributed by atoms with Crippen LogP contribution < -0.4 is 0 Å². The predicted molar refractivity (Wildman–Crippen MR) is 30.7 cm³/mol. The molecule has 0 aliphatic heterocycles. The second-order valence-corrected chi connectivity index (χ2v) is 1.50. The molecule has 0 heterocycles. The molecule has 0 aromatic rings. The smallest absolute Gasteiger partial charge is 0.817 e. The third-order valence-corrected chi connectivity index (χ3v) is 0. The van der Waals surface area contributed by atoms with E-state index in [1.54, 1.807) is 0 Å². The van der Waals surface area contributed by atoms with Gasteiger partial charge in [0.1, 0.15) is 0 Å². The second-order valence-electron chi connectivity index (χ2n) is 1.50. The average molecular weight is 323 g/mol. The number of rotatable bonds is 0. The van der Waals surface area contributed by atoms with E-state index >= 15 is 0 Å². The van der Waals surface area contributed by atoms with Gasteiger partial charge in [-0.3, -0.25) is 0 Å². The van der Waals surface area contributed by atoms with Crippen LogP contribution in [-0.4, -0.2) is 6.72 Å². The zero-order chi connectivity index (χ0) is 5.58. The zero-order valence-corrected chi connectivity index (χ0v) is 9.32. The minimum atomic E-state index is 0. The molecule has 40 valence electrons. The summed E-state index contributed by atoms with van der Waals surface area (Å²) in [6.07, 6.45) is 0. The van der Waals surface area contributed by atoms with Crippen molar-refractivity contribution in [2.45, 2.75) is 20.8 Å². The monoisotopic (exact) mass is 323 g/mol. The van der Waals surface area contributed by atoms with E-state index in [1.807, 2.05) is 0 Å². The molecule has 0 radical (unpaired) electrons. The maximum absolute atomic E-state index is 6.75. The Kier molecular flexibility index (Phi) is 35.5. The van der Waals surface area contributed by atoms with E-state index in [0.29, 0.717) is 0 Å². The largest absolute Gasteiger partial charge is 2.00 e. The molecule has 0 N–H and O–H groups in total. The first-order chi connectivity index (χ1) is 2.73. The normalized spacial score (nSPS) is 5.71. The van der Waals surface area contributed by atoms with Crippen LogP contribution in [0.5, 0.6) is 0 Å². The SMILES string of the molecule is C=[N-].C[C-](C)C.[U+2]. The van der Waals surface area contributed by atoms with Crippen LogP contribution in [0.2, 0.25) is 0 Å². The average Bonchev–Trinajstić information content (AvgIpc) is 1.41. The molecule has 0 aromatic carbocycles. The summed E-state index contributed by atoms with van der Waals surface area (Å²) in [7, 11) is 0. The van der Waals surface area contributed by atoms with Crippen molar-refractivity contribution in [3.8, 4) is 0 Å². The molecular weight excluding hydrogens is 312 g/mol. The zero-order valence-electron chi connectivity index (χ0n) is 5.15. The van der Waals surface area contributed by atoms with E-state index in [9.17, 15) is 0 Å². The molecule has 0 unspecified atom stereocenters. The molecule has 2 heteroatoms. The molecule has 0 rings (SSSR count). The van der Waals surface area contributed by atoms with Crippen LogP contribution in [0.25, 0.3) is 5.41 Å². The van der Waals surface area contributed by atoms with E-state index in [-0.39, 0.29) is 31.1 Å². The molecule has 7 heavy (non-hydrogen) atoms. The van der Waals surface area contributed by atoms with Gasteiger partial charge in [0.05, 0.1) is 0 Å². The molecule has 0 aromatic heterocycles. The van der Waals surface area contributed by atoms with Gasteiger partial charge in [-0.1, -0.05) is 0 Å². The Bertz CT molecular complexity index is 19.3. The summed E-state index contributed by atoms with van der Waals surface area (Å²) in [5.41, 5.74) is 0. The molecule has 1 nitrogen and oxygen atoms in total. The van der Waals surface area contributed by atoms with Gasteiger partial charge in [0.2, 0.25) is 0 Å². The fourth-order valence-corrected chi connectivity index (χ4v) is 0. The molecule has 0 amide bonds. The van der Waals surface area contributed by atoms with Crippen LogP contribution in [0.1, 0.15) is 20.8 Å². The van der Waals surface area contributed by atoms with Crippen LogP contribution in [0, 0.1) is 37.0 Å². The molecule has 0 atom stereocenters. The van der Waals surface area contributed by atoms with Crippen LogP contribution in [0.15, 0.2) is 0 Å². The number of hydrogen-bond donors (Lipinski definition) is 0. The minimum Gasteiger partial charge on any atom is -0.817 e. The van der Waals surface area contributed by atoms with Crippen LogP contribution in [0.4, 0.5) is 0 Å². The summed E-state index contributed by atoms with van der Waals surface area (Å²) in [5, 5.41) is 6.75. The standard InChI is InChI=1S/C4H9.CH2N.U/c1-4(2)3;1-2;/h1-3H3;1H2;/q2*-1;+2. The first-order valence-electron chi connectivity index (χ1n) is 1.82. The predicted octanol–water partition coefficient (Wildman–Crippen LogP) is 1.88. The Hall–Kier alpha value is 0.722. The third-order valence-electron chi connectivity index (χ3n) is 0. The topological polar surface area (TPSA) is 22.3 Å². The van der Waals surface area contributed by atoms with Gasteiger partial charge in [0.15, 0.2) is 0 Å². The van der Waals surface area contributed by atoms with Gasteiger partial charge < -0.3 is 11.3 Å². The van der Waals surface area contributed by atoms with Gasteiger partial charge >= 0.3 is 31.1 Å². The van der Waals surface area contributed by atoms with Crippen molar-refractivity contribution in [3.63, 3.8) is 0 Å². The Balaban J connectivity index is -0.0000000480. The molecule has 0 fully saturated rings. The van der Waals surface area contributed by atoms with E-state index < -0.39 is 0 Å². The Morgan fingerprint density at radius 3 is 1.14 bits per heavy atom. The van der Waals surface area contributed by atoms with Crippen molar-refractivity contribution in [3.05, 3.63) is 11.3 Å². The van der Waals surface area contributed by atoms with Crippen LogP contribution in [0.3, 0.4) is 0 Å². The molecule has 0 saturated carbocycles. The third kappa shape index (κ3) is 288. The first-order valence-corrected chi connectivity index (χ1v) is 1.82. The van der Waals surface area contributed by atoms with Gasteiger partial charge in [0.25, 0.3) is 0 Å². The van der Waals surface area contributed by atoms with Gasteiger partial charge in [0, 0.05) is 0 Å². The molecule has 0 saturated heterocycles. The molecular formula is C5H11NU. The minimum absolute atomic E-state index is 0. The van der Waals surface area contributed by atoms with Crippen molar-refractivity contribution >= 4 is 6.72 Å². The maximum Gasteiger partial charge on any atom is 2.00 e. The number of nitrogens with zero attached hydrogens (tertiary/aromatic N) is 1. The fraction of sp³-hybridized carbons (Fsp3) is 0.600. The van der Waals surface area contributed by atoms with Gasteiger partial charge in [-0.15, -0.1) is 0 Å². The fourth-order valence-electron chi connectivity index (χ4n) is 0. The summed E-state index contributed by atoms with van der Waals surface area (Å²) in [6.45, 7) is 8.50. The van der Waals surface area contributed by atoms with Crippen molar-refractivity contribution in [1.29, 1.82) is 0 Å². The summed E-state index contributed by atoms with van der Waals surface area (Å²) in [5.74, 6) is 1.42. The Morgan fingerprint density at radius 2 is 1.14 bits per heavy atom. The van der Waals surface area contributed by atoms with E-state index in [2.05, 4.69) is 27.5 Å². The molecule has 0 aliphatic carbocycles.